The second-order valence-electron chi connectivity index (χ2n) is 5.73. The Morgan fingerprint density at radius 2 is 1.88 bits per heavy atom. The van der Waals surface area contributed by atoms with E-state index < -0.39 is 0 Å². The van der Waals surface area contributed by atoms with E-state index in [1.165, 1.54) is 6.20 Å². The van der Waals surface area contributed by atoms with E-state index in [9.17, 15) is 9.59 Å². The maximum absolute atomic E-state index is 12.3. The van der Waals surface area contributed by atoms with Crippen molar-refractivity contribution >= 4 is 34.8 Å². The summed E-state index contributed by atoms with van der Waals surface area (Å²) < 4.78 is 0. The lowest BCUT2D eigenvalue weighted by atomic mass is 10.1. The number of aromatic amines is 1. The molecular weight excluding hydrogens is 373 g/mol. The highest BCUT2D eigenvalue weighted by Gasteiger charge is 2.11. The number of aromatic nitrogens is 2. The van der Waals surface area contributed by atoms with Crippen LogP contribution in [0.1, 0.15) is 11.1 Å². The molecule has 0 radical (unpaired) electrons. The van der Waals surface area contributed by atoms with Crippen LogP contribution in [0, 0.1) is 6.92 Å². The van der Waals surface area contributed by atoms with E-state index in [1.807, 2.05) is 6.92 Å². The Labute approximate surface area is 160 Å². The monoisotopic (exact) mass is 387 g/mol. The van der Waals surface area contributed by atoms with E-state index in [0.717, 1.165) is 11.1 Å². The first-order valence-electron chi connectivity index (χ1n) is 7.83. The fourth-order valence-electron chi connectivity index (χ4n) is 2.41. The molecule has 0 saturated carbocycles. The quantitative estimate of drug-likeness (QED) is 0.702. The maximum atomic E-state index is 12.3. The van der Waals surface area contributed by atoms with Crippen LogP contribution in [0.4, 0.5) is 5.69 Å². The number of carbonyl (C=O) groups is 1. The van der Waals surface area contributed by atoms with E-state index in [-0.39, 0.29) is 23.5 Å². The van der Waals surface area contributed by atoms with Gasteiger partial charge in [-0.25, -0.2) is 4.98 Å². The molecule has 0 aliphatic rings. The minimum absolute atomic E-state index is 0.0881. The molecule has 0 bridgehead atoms. The smallest absolute Gasteiger partial charge is 0.254 e. The standard InChI is InChI=1S/C19H15Cl2N3O2/c1-11-15(21)3-2-4-16(11)23-17(25)9-13-10-22-18(24-19(13)26)12-5-7-14(20)8-6-12/h2-8,10H,9H2,1H3,(H,23,25)(H,22,24,26). The Bertz CT molecular complexity index is 1010. The summed E-state index contributed by atoms with van der Waals surface area (Å²) >= 11 is 11.9. The zero-order chi connectivity index (χ0) is 18.7. The molecule has 3 rings (SSSR count). The zero-order valence-corrected chi connectivity index (χ0v) is 15.4. The predicted molar refractivity (Wildman–Crippen MR) is 104 cm³/mol. The van der Waals surface area contributed by atoms with E-state index in [4.69, 9.17) is 23.2 Å². The number of halogens is 2. The number of anilines is 1. The van der Waals surface area contributed by atoms with E-state index in [0.29, 0.717) is 21.6 Å². The number of nitrogens with one attached hydrogen (secondary N) is 2. The summed E-state index contributed by atoms with van der Waals surface area (Å²) in [5, 5.41) is 3.92. The largest absolute Gasteiger partial charge is 0.326 e. The van der Waals surface area contributed by atoms with Gasteiger partial charge in [-0.1, -0.05) is 29.3 Å². The Kier molecular flexibility index (Phi) is 5.40. The average molecular weight is 388 g/mol. The number of carbonyl (C=O) groups excluding carboxylic acids is 1. The van der Waals surface area contributed by atoms with Gasteiger partial charge in [0, 0.05) is 33.1 Å². The highest BCUT2D eigenvalue weighted by molar-refractivity contribution is 6.31. The number of amides is 1. The molecule has 7 heteroatoms. The van der Waals surface area contributed by atoms with Crippen molar-refractivity contribution in [2.45, 2.75) is 13.3 Å². The molecule has 0 spiro atoms. The van der Waals surface area contributed by atoms with Gasteiger partial charge in [-0.05, 0) is 48.9 Å². The van der Waals surface area contributed by atoms with Crippen LogP contribution < -0.4 is 10.9 Å². The van der Waals surface area contributed by atoms with Crippen LogP contribution in [0.3, 0.4) is 0 Å². The second-order valence-corrected chi connectivity index (χ2v) is 6.57. The number of H-pyrrole nitrogens is 1. The number of benzene rings is 2. The predicted octanol–water partition coefficient (Wildman–Crippen LogP) is 4.23. The third-order valence-corrected chi connectivity index (χ3v) is 4.54. The molecule has 1 aromatic heterocycles. The molecule has 3 aromatic rings. The number of hydrogen-bond donors (Lipinski definition) is 2. The summed E-state index contributed by atoms with van der Waals surface area (Å²) in [6, 6.07) is 12.2. The van der Waals surface area contributed by atoms with Gasteiger partial charge in [0.1, 0.15) is 5.82 Å². The maximum Gasteiger partial charge on any atom is 0.254 e. The summed E-state index contributed by atoms with van der Waals surface area (Å²) in [7, 11) is 0. The first-order valence-corrected chi connectivity index (χ1v) is 8.59. The molecule has 0 atom stereocenters. The molecule has 5 nitrogen and oxygen atoms in total. The van der Waals surface area contributed by atoms with Crippen LogP contribution >= 0.6 is 23.2 Å². The molecular formula is C19H15Cl2N3O2. The van der Waals surface area contributed by atoms with E-state index in [1.54, 1.807) is 42.5 Å². The molecule has 0 saturated heterocycles. The van der Waals surface area contributed by atoms with Crippen LogP contribution in [0.25, 0.3) is 11.4 Å². The van der Waals surface area contributed by atoms with E-state index >= 15 is 0 Å². The highest BCUT2D eigenvalue weighted by Crippen LogP contribution is 2.23. The van der Waals surface area contributed by atoms with Gasteiger partial charge in [0.25, 0.3) is 5.56 Å². The topological polar surface area (TPSA) is 74.8 Å². The van der Waals surface area contributed by atoms with Gasteiger partial charge >= 0.3 is 0 Å². The molecule has 2 N–H and O–H groups in total. The molecule has 26 heavy (non-hydrogen) atoms. The Balaban J connectivity index is 1.76. The first-order chi connectivity index (χ1) is 12.4. The second kappa shape index (κ2) is 7.72. The lowest BCUT2D eigenvalue weighted by molar-refractivity contribution is -0.115. The minimum Gasteiger partial charge on any atom is -0.326 e. The van der Waals surface area contributed by atoms with Gasteiger partial charge in [0.2, 0.25) is 5.91 Å². The van der Waals surface area contributed by atoms with Crippen molar-refractivity contribution in [1.82, 2.24) is 9.97 Å². The summed E-state index contributed by atoms with van der Waals surface area (Å²) in [6.45, 7) is 1.81. The van der Waals surface area contributed by atoms with Crippen LogP contribution in [0.5, 0.6) is 0 Å². The Hall–Kier alpha value is -2.63. The van der Waals surface area contributed by atoms with Crippen molar-refractivity contribution in [2.75, 3.05) is 5.32 Å². The van der Waals surface area contributed by atoms with E-state index in [2.05, 4.69) is 15.3 Å². The molecule has 0 aliphatic carbocycles. The van der Waals surface area contributed by atoms with Crippen LogP contribution in [0.15, 0.2) is 53.5 Å². The summed E-state index contributed by atoms with van der Waals surface area (Å²) in [4.78, 5) is 31.4. The van der Waals surface area contributed by atoms with Gasteiger partial charge in [0.05, 0.1) is 6.42 Å². The zero-order valence-electron chi connectivity index (χ0n) is 13.8. The van der Waals surface area contributed by atoms with Gasteiger partial charge in [-0.2, -0.15) is 0 Å². The van der Waals surface area contributed by atoms with Crippen molar-refractivity contribution in [3.05, 3.63) is 80.2 Å². The van der Waals surface area contributed by atoms with Crippen molar-refractivity contribution < 1.29 is 4.79 Å². The summed E-state index contributed by atoms with van der Waals surface area (Å²) in [5.41, 5.74) is 2.04. The lowest BCUT2D eigenvalue weighted by Crippen LogP contribution is -2.22. The Morgan fingerprint density at radius 3 is 2.58 bits per heavy atom. The molecule has 1 amide bonds. The van der Waals surface area contributed by atoms with Crippen LogP contribution in [-0.2, 0) is 11.2 Å². The highest BCUT2D eigenvalue weighted by atomic mass is 35.5. The number of nitrogens with zero attached hydrogens (tertiary/aromatic N) is 1. The van der Waals surface area contributed by atoms with Crippen molar-refractivity contribution in [3.8, 4) is 11.4 Å². The number of rotatable bonds is 4. The molecule has 132 valence electrons. The minimum atomic E-state index is -0.358. The van der Waals surface area contributed by atoms with Gasteiger partial charge in [0.15, 0.2) is 0 Å². The van der Waals surface area contributed by atoms with Crippen molar-refractivity contribution in [3.63, 3.8) is 0 Å². The Morgan fingerprint density at radius 1 is 1.15 bits per heavy atom. The fraction of sp³-hybridized carbons (Fsp3) is 0.105. The molecule has 2 aromatic carbocycles. The molecule has 0 unspecified atom stereocenters. The van der Waals surface area contributed by atoms with Gasteiger partial charge in [-0.3, -0.25) is 9.59 Å². The summed E-state index contributed by atoms with van der Waals surface area (Å²) in [6.07, 6.45) is 1.32. The van der Waals surface area contributed by atoms with Gasteiger partial charge < -0.3 is 10.3 Å². The van der Waals surface area contributed by atoms with Crippen LogP contribution in [-0.4, -0.2) is 15.9 Å². The SMILES string of the molecule is Cc1c(Cl)cccc1NC(=O)Cc1cnc(-c2ccc(Cl)cc2)[nH]c1=O. The van der Waals surface area contributed by atoms with Gasteiger partial charge in [-0.15, -0.1) is 0 Å². The average Bonchev–Trinajstić information content (AvgIpc) is 2.61. The molecule has 1 heterocycles. The third kappa shape index (κ3) is 4.12. The number of hydrogen-bond acceptors (Lipinski definition) is 3. The van der Waals surface area contributed by atoms with Crippen molar-refractivity contribution in [2.24, 2.45) is 0 Å². The molecule has 0 fully saturated rings. The summed E-state index contributed by atoms with van der Waals surface area (Å²) in [5.74, 6) is 0.100. The lowest BCUT2D eigenvalue weighted by Gasteiger charge is -2.09. The molecule has 0 aliphatic heterocycles. The normalized spacial score (nSPS) is 10.6. The third-order valence-electron chi connectivity index (χ3n) is 3.88. The fourth-order valence-corrected chi connectivity index (χ4v) is 2.71. The first kappa shape index (κ1) is 18.2. The van der Waals surface area contributed by atoms with Crippen molar-refractivity contribution in [1.29, 1.82) is 0 Å². The van der Waals surface area contributed by atoms with Crippen LogP contribution in [0.2, 0.25) is 10.0 Å².